The van der Waals surface area contributed by atoms with E-state index in [0.29, 0.717) is 17.5 Å². The first-order chi connectivity index (χ1) is 11.5. The van der Waals surface area contributed by atoms with E-state index in [-0.39, 0.29) is 17.9 Å². The third-order valence-corrected chi connectivity index (χ3v) is 3.42. The number of benzene rings is 2. The molecule has 2 rings (SSSR count). The Kier molecular flexibility index (Phi) is 6.01. The molecular weight excluding hydrogens is 316 g/mol. The van der Waals surface area contributed by atoms with Crippen LogP contribution in [0.1, 0.15) is 21.5 Å². The fourth-order valence-corrected chi connectivity index (χ4v) is 2.02. The summed E-state index contributed by atoms with van der Waals surface area (Å²) in [5.74, 6) is -2.14. The minimum atomic E-state index is -0.779. The molecule has 0 spiro atoms. The van der Waals surface area contributed by atoms with Gasteiger partial charge in [-0.15, -0.1) is 0 Å². The Bertz CT molecular complexity index is 747. The summed E-state index contributed by atoms with van der Waals surface area (Å²) in [6.45, 7) is 1.32. The molecule has 0 atom stereocenters. The van der Waals surface area contributed by atoms with Crippen LogP contribution in [-0.2, 0) is 16.0 Å². The highest BCUT2D eigenvalue weighted by atomic mass is 19.1. The highest BCUT2D eigenvalue weighted by molar-refractivity contribution is 5.91. The van der Waals surface area contributed by atoms with Crippen molar-refractivity contribution in [2.75, 3.05) is 13.2 Å². The Labute approximate surface area is 138 Å². The molecule has 0 saturated carbocycles. The zero-order valence-corrected chi connectivity index (χ0v) is 13.1. The Morgan fingerprint density at radius 3 is 2.54 bits per heavy atom. The fraction of sp³-hybridized carbons (Fsp3) is 0.222. The molecule has 0 aliphatic rings. The van der Waals surface area contributed by atoms with Crippen molar-refractivity contribution in [3.63, 3.8) is 0 Å². The summed E-state index contributed by atoms with van der Waals surface area (Å²) in [5.41, 5.74) is 0.944. The molecular formula is C18H17F2NO3. The van der Waals surface area contributed by atoms with Gasteiger partial charge in [0.15, 0.2) is 6.61 Å². The molecule has 0 heterocycles. The van der Waals surface area contributed by atoms with Gasteiger partial charge in [-0.2, -0.15) is 0 Å². The van der Waals surface area contributed by atoms with E-state index < -0.39 is 24.3 Å². The second kappa shape index (κ2) is 8.19. The average Bonchev–Trinajstić information content (AvgIpc) is 2.57. The topological polar surface area (TPSA) is 55.4 Å². The third-order valence-electron chi connectivity index (χ3n) is 3.42. The van der Waals surface area contributed by atoms with Gasteiger partial charge in [-0.1, -0.05) is 24.3 Å². The van der Waals surface area contributed by atoms with Crippen LogP contribution in [0.2, 0.25) is 0 Å². The zero-order chi connectivity index (χ0) is 17.5. The maximum Gasteiger partial charge on any atom is 0.338 e. The van der Waals surface area contributed by atoms with Crippen LogP contribution >= 0.6 is 0 Å². The van der Waals surface area contributed by atoms with Crippen molar-refractivity contribution in [1.29, 1.82) is 0 Å². The Balaban J connectivity index is 1.75. The number of carbonyl (C=O) groups is 2. The van der Waals surface area contributed by atoms with Gasteiger partial charge in [0.1, 0.15) is 11.6 Å². The largest absolute Gasteiger partial charge is 0.452 e. The van der Waals surface area contributed by atoms with Gasteiger partial charge in [0.05, 0.1) is 5.56 Å². The summed E-state index contributed by atoms with van der Waals surface area (Å²) in [6, 6.07) is 10.2. The molecule has 2 aromatic carbocycles. The molecule has 24 heavy (non-hydrogen) atoms. The van der Waals surface area contributed by atoms with Gasteiger partial charge in [-0.05, 0) is 42.7 Å². The Hall–Kier alpha value is -2.76. The van der Waals surface area contributed by atoms with Gasteiger partial charge < -0.3 is 10.1 Å². The minimum Gasteiger partial charge on any atom is -0.452 e. The Morgan fingerprint density at radius 2 is 1.83 bits per heavy atom. The molecule has 4 nitrogen and oxygen atoms in total. The number of hydrogen-bond acceptors (Lipinski definition) is 3. The van der Waals surface area contributed by atoms with E-state index in [1.807, 2.05) is 0 Å². The highest BCUT2D eigenvalue weighted by Gasteiger charge is 2.12. The summed E-state index contributed by atoms with van der Waals surface area (Å²) >= 11 is 0. The van der Waals surface area contributed by atoms with Crippen LogP contribution in [0.5, 0.6) is 0 Å². The molecule has 1 amide bonds. The van der Waals surface area contributed by atoms with E-state index in [9.17, 15) is 18.4 Å². The lowest BCUT2D eigenvalue weighted by molar-refractivity contribution is -0.124. The molecule has 0 saturated heterocycles. The van der Waals surface area contributed by atoms with Crippen LogP contribution in [0.25, 0.3) is 0 Å². The molecule has 6 heteroatoms. The Morgan fingerprint density at radius 1 is 1.08 bits per heavy atom. The predicted molar refractivity (Wildman–Crippen MR) is 84.5 cm³/mol. The van der Waals surface area contributed by atoms with Crippen LogP contribution in [0.4, 0.5) is 8.78 Å². The van der Waals surface area contributed by atoms with Crippen molar-refractivity contribution in [1.82, 2.24) is 5.32 Å². The molecule has 2 aromatic rings. The quantitative estimate of drug-likeness (QED) is 0.827. The lowest BCUT2D eigenvalue weighted by Gasteiger charge is -2.07. The number of hydrogen-bond donors (Lipinski definition) is 1. The van der Waals surface area contributed by atoms with Crippen molar-refractivity contribution >= 4 is 11.9 Å². The number of amides is 1. The van der Waals surface area contributed by atoms with Gasteiger partial charge in [-0.25, -0.2) is 13.6 Å². The number of nitrogens with one attached hydrogen (secondary N) is 1. The first kappa shape index (κ1) is 17.6. The normalized spacial score (nSPS) is 10.3. The van der Waals surface area contributed by atoms with E-state index in [1.165, 1.54) is 18.2 Å². The number of halogens is 2. The van der Waals surface area contributed by atoms with E-state index in [1.54, 1.807) is 25.1 Å². The third kappa shape index (κ3) is 4.87. The first-order valence-corrected chi connectivity index (χ1v) is 7.41. The lowest BCUT2D eigenvalue weighted by Crippen LogP contribution is -2.30. The molecule has 0 unspecified atom stereocenters. The SMILES string of the molecule is Cc1ccc(C(=O)OCC(=O)NCCc2ccccc2F)cc1F. The molecule has 126 valence electrons. The van der Waals surface area contributed by atoms with Crippen molar-refractivity contribution < 1.29 is 23.1 Å². The predicted octanol–water partition coefficient (Wildman–Crippen LogP) is 2.79. The van der Waals surface area contributed by atoms with Crippen LogP contribution in [0.15, 0.2) is 42.5 Å². The molecule has 0 bridgehead atoms. The highest BCUT2D eigenvalue weighted by Crippen LogP contribution is 2.10. The summed E-state index contributed by atoms with van der Waals surface area (Å²) < 4.78 is 31.6. The van der Waals surface area contributed by atoms with Crippen molar-refractivity contribution in [2.45, 2.75) is 13.3 Å². The minimum absolute atomic E-state index is 0.0391. The molecule has 0 aliphatic carbocycles. The maximum atomic E-state index is 13.4. The molecule has 0 aromatic heterocycles. The standard InChI is InChI=1S/C18H17F2NO3/c1-12-6-7-14(10-16(12)20)18(23)24-11-17(22)21-9-8-13-4-2-3-5-15(13)19/h2-7,10H,8-9,11H2,1H3,(H,21,22). The molecule has 1 N–H and O–H groups in total. The van der Waals surface area contributed by atoms with Crippen molar-refractivity contribution in [3.05, 3.63) is 70.8 Å². The summed E-state index contributed by atoms with van der Waals surface area (Å²) in [5, 5.41) is 2.53. The maximum absolute atomic E-state index is 13.4. The second-order valence-electron chi connectivity index (χ2n) is 5.23. The summed E-state index contributed by atoms with van der Waals surface area (Å²) in [6.07, 6.45) is 0.329. The average molecular weight is 333 g/mol. The van der Waals surface area contributed by atoms with Gasteiger partial charge >= 0.3 is 5.97 Å². The molecule has 0 fully saturated rings. The van der Waals surface area contributed by atoms with Crippen molar-refractivity contribution in [2.24, 2.45) is 0 Å². The van der Waals surface area contributed by atoms with Gasteiger partial charge in [0.25, 0.3) is 5.91 Å². The number of ether oxygens (including phenoxy) is 1. The van der Waals surface area contributed by atoms with Crippen LogP contribution in [-0.4, -0.2) is 25.0 Å². The number of aryl methyl sites for hydroxylation is 1. The van der Waals surface area contributed by atoms with E-state index in [2.05, 4.69) is 5.32 Å². The lowest BCUT2D eigenvalue weighted by atomic mass is 10.1. The van der Waals surface area contributed by atoms with Crippen LogP contribution in [0.3, 0.4) is 0 Å². The van der Waals surface area contributed by atoms with E-state index in [4.69, 9.17) is 4.74 Å². The first-order valence-electron chi connectivity index (χ1n) is 7.41. The fourth-order valence-electron chi connectivity index (χ4n) is 2.02. The van der Waals surface area contributed by atoms with Crippen LogP contribution in [0, 0.1) is 18.6 Å². The monoisotopic (exact) mass is 333 g/mol. The smallest absolute Gasteiger partial charge is 0.338 e. The summed E-state index contributed by atoms with van der Waals surface area (Å²) in [7, 11) is 0. The molecule has 0 aliphatic heterocycles. The van der Waals surface area contributed by atoms with Crippen LogP contribution < -0.4 is 5.32 Å². The molecule has 0 radical (unpaired) electrons. The van der Waals surface area contributed by atoms with Gasteiger partial charge in [0, 0.05) is 6.54 Å². The van der Waals surface area contributed by atoms with E-state index in [0.717, 1.165) is 6.07 Å². The van der Waals surface area contributed by atoms with Gasteiger partial charge in [0.2, 0.25) is 0 Å². The number of rotatable bonds is 6. The summed E-state index contributed by atoms with van der Waals surface area (Å²) in [4.78, 5) is 23.4. The number of carbonyl (C=O) groups excluding carboxylic acids is 2. The van der Waals surface area contributed by atoms with Gasteiger partial charge in [-0.3, -0.25) is 4.79 Å². The number of esters is 1. The second-order valence-corrected chi connectivity index (χ2v) is 5.23. The van der Waals surface area contributed by atoms with E-state index >= 15 is 0 Å². The van der Waals surface area contributed by atoms with Crippen molar-refractivity contribution in [3.8, 4) is 0 Å². The zero-order valence-electron chi connectivity index (χ0n) is 13.1.